The third-order valence-corrected chi connectivity index (χ3v) is 5.07. The summed E-state index contributed by atoms with van der Waals surface area (Å²) >= 11 is 0. The number of nitrogens with one attached hydrogen (secondary N) is 2. The van der Waals surface area contributed by atoms with Crippen molar-refractivity contribution in [1.82, 2.24) is 20.3 Å². The number of carbonyl (C=O) groups excluding carboxylic acids is 3. The van der Waals surface area contributed by atoms with Crippen molar-refractivity contribution in [2.75, 3.05) is 29.0 Å². The van der Waals surface area contributed by atoms with Crippen LogP contribution in [-0.2, 0) is 20.9 Å². The van der Waals surface area contributed by atoms with Crippen molar-refractivity contribution in [3.63, 3.8) is 0 Å². The highest BCUT2D eigenvalue weighted by atomic mass is 19.1. The van der Waals surface area contributed by atoms with Crippen LogP contribution in [-0.4, -0.2) is 45.8 Å². The van der Waals surface area contributed by atoms with Crippen molar-refractivity contribution in [1.29, 1.82) is 0 Å². The molecule has 0 bridgehead atoms. The maximum atomic E-state index is 13.0. The zero-order valence-corrected chi connectivity index (χ0v) is 18.5. The standard InChI is InChI=1S/C23H22FN7O4/c24-15-5-7-16(8-6-15)27-23-29-18(28-22(25)30-23)13-35-20(33)12-26-21(34)14-3-9-17(10-4-14)31-11-1-2-19(31)32/h3-10H,1-2,11-13H2,(H,26,34)(H3,25,27,28,29,30). The molecule has 0 radical (unpaired) electrons. The molecule has 1 aromatic heterocycles. The molecule has 2 heterocycles. The van der Waals surface area contributed by atoms with Gasteiger partial charge in [0.25, 0.3) is 5.91 Å². The van der Waals surface area contributed by atoms with Crippen LogP contribution < -0.4 is 21.3 Å². The number of carbonyl (C=O) groups is 3. The second-order valence-electron chi connectivity index (χ2n) is 7.60. The number of benzene rings is 2. The van der Waals surface area contributed by atoms with Crippen LogP contribution in [0.15, 0.2) is 48.5 Å². The average molecular weight is 479 g/mol. The van der Waals surface area contributed by atoms with Crippen molar-refractivity contribution < 1.29 is 23.5 Å². The number of anilines is 4. The number of rotatable bonds is 8. The molecule has 3 aromatic rings. The molecule has 0 unspecified atom stereocenters. The van der Waals surface area contributed by atoms with Crippen molar-refractivity contribution in [2.45, 2.75) is 19.4 Å². The van der Waals surface area contributed by atoms with Crippen molar-refractivity contribution in [3.8, 4) is 0 Å². The van der Waals surface area contributed by atoms with E-state index in [-0.39, 0.29) is 42.6 Å². The maximum absolute atomic E-state index is 13.0. The van der Waals surface area contributed by atoms with Crippen molar-refractivity contribution in [3.05, 3.63) is 65.7 Å². The Kier molecular flexibility index (Phi) is 7.10. The fourth-order valence-corrected chi connectivity index (χ4v) is 3.39. The summed E-state index contributed by atoms with van der Waals surface area (Å²) in [7, 11) is 0. The van der Waals surface area contributed by atoms with Crippen LogP contribution in [0.5, 0.6) is 0 Å². The molecule has 2 amide bonds. The number of hydrogen-bond donors (Lipinski definition) is 3. The summed E-state index contributed by atoms with van der Waals surface area (Å²) in [6.45, 7) is -0.00260. The highest BCUT2D eigenvalue weighted by Gasteiger charge is 2.21. The molecule has 0 saturated carbocycles. The molecular formula is C23H22FN7O4. The lowest BCUT2D eigenvalue weighted by atomic mass is 10.2. The van der Waals surface area contributed by atoms with Crippen LogP contribution in [0.4, 0.5) is 27.7 Å². The second-order valence-corrected chi connectivity index (χ2v) is 7.60. The molecule has 4 rings (SSSR count). The smallest absolute Gasteiger partial charge is 0.325 e. The molecule has 1 saturated heterocycles. The summed E-state index contributed by atoms with van der Waals surface area (Å²) in [4.78, 5) is 49.9. The quantitative estimate of drug-likeness (QED) is 0.411. The van der Waals surface area contributed by atoms with Gasteiger partial charge in [0.1, 0.15) is 12.4 Å². The first-order valence-corrected chi connectivity index (χ1v) is 10.7. The minimum atomic E-state index is -0.704. The largest absolute Gasteiger partial charge is 0.456 e. The van der Waals surface area contributed by atoms with Crippen molar-refractivity contribution >= 4 is 41.1 Å². The molecular weight excluding hydrogens is 457 g/mol. The number of aromatic nitrogens is 3. The minimum absolute atomic E-state index is 0.0586. The lowest BCUT2D eigenvalue weighted by Gasteiger charge is -2.15. The Balaban J connectivity index is 1.26. The number of nitrogens with two attached hydrogens (primary N) is 1. The fraction of sp³-hybridized carbons (Fsp3) is 0.217. The molecule has 12 heteroatoms. The summed E-state index contributed by atoms with van der Waals surface area (Å²) in [5.41, 5.74) is 7.29. The zero-order chi connectivity index (χ0) is 24.8. The number of ether oxygens (including phenoxy) is 1. The Bertz CT molecular complexity index is 1240. The number of halogens is 1. The van der Waals surface area contributed by atoms with E-state index in [2.05, 4.69) is 25.6 Å². The molecule has 0 spiro atoms. The first-order valence-electron chi connectivity index (χ1n) is 10.7. The van der Waals surface area contributed by atoms with Crippen LogP contribution in [0, 0.1) is 5.82 Å². The summed E-state index contributed by atoms with van der Waals surface area (Å²) < 4.78 is 18.2. The van der Waals surface area contributed by atoms with Crippen LogP contribution in [0.3, 0.4) is 0 Å². The Morgan fingerprint density at radius 3 is 2.49 bits per heavy atom. The van der Waals surface area contributed by atoms with Crippen molar-refractivity contribution in [2.24, 2.45) is 0 Å². The van der Waals surface area contributed by atoms with Gasteiger partial charge in [0.2, 0.25) is 17.8 Å². The molecule has 1 aliphatic rings. The van der Waals surface area contributed by atoms with Crippen LogP contribution in [0.2, 0.25) is 0 Å². The highest BCUT2D eigenvalue weighted by molar-refractivity contribution is 5.98. The lowest BCUT2D eigenvalue weighted by Crippen LogP contribution is -2.30. The number of esters is 1. The minimum Gasteiger partial charge on any atom is -0.456 e. The maximum Gasteiger partial charge on any atom is 0.325 e. The highest BCUT2D eigenvalue weighted by Crippen LogP contribution is 2.21. The van der Waals surface area contributed by atoms with E-state index in [0.29, 0.717) is 24.2 Å². The molecule has 11 nitrogen and oxygen atoms in total. The molecule has 0 aliphatic carbocycles. The summed E-state index contributed by atoms with van der Waals surface area (Å²) in [5, 5.41) is 5.33. The van der Waals surface area contributed by atoms with Gasteiger partial charge in [-0.2, -0.15) is 15.0 Å². The lowest BCUT2D eigenvalue weighted by molar-refractivity contribution is -0.143. The van der Waals surface area contributed by atoms with Crippen LogP contribution >= 0.6 is 0 Å². The Morgan fingerprint density at radius 1 is 1.06 bits per heavy atom. The van der Waals surface area contributed by atoms with E-state index in [1.807, 2.05) is 0 Å². The first kappa shape index (κ1) is 23.5. The molecule has 180 valence electrons. The van der Waals surface area contributed by atoms with Gasteiger partial charge in [-0.15, -0.1) is 0 Å². The van der Waals surface area contributed by atoms with E-state index in [1.165, 1.54) is 24.3 Å². The number of nitrogen functional groups attached to an aromatic ring is 1. The summed E-state index contributed by atoms with van der Waals surface area (Å²) in [6, 6.07) is 12.1. The van der Waals surface area contributed by atoms with Crippen LogP contribution in [0.25, 0.3) is 0 Å². The van der Waals surface area contributed by atoms with E-state index >= 15 is 0 Å². The Morgan fingerprint density at radius 2 is 1.80 bits per heavy atom. The van der Waals surface area contributed by atoms with E-state index < -0.39 is 11.9 Å². The van der Waals surface area contributed by atoms with Gasteiger partial charge in [0.05, 0.1) is 0 Å². The zero-order valence-electron chi connectivity index (χ0n) is 18.5. The summed E-state index contributed by atoms with van der Waals surface area (Å²) in [6.07, 6.45) is 1.33. The number of nitrogens with zero attached hydrogens (tertiary/aromatic N) is 4. The third-order valence-electron chi connectivity index (χ3n) is 5.07. The van der Waals surface area contributed by atoms with Gasteiger partial charge in [-0.1, -0.05) is 0 Å². The predicted molar refractivity (Wildman–Crippen MR) is 124 cm³/mol. The average Bonchev–Trinajstić information content (AvgIpc) is 3.28. The molecule has 2 aromatic carbocycles. The molecule has 1 fully saturated rings. The Labute approximate surface area is 199 Å². The molecule has 4 N–H and O–H groups in total. The molecule has 1 aliphatic heterocycles. The van der Waals surface area contributed by atoms with Gasteiger partial charge in [-0.05, 0) is 55.0 Å². The fourth-order valence-electron chi connectivity index (χ4n) is 3.39. The van der Waals surface area contributed by atoms with Crippen LogP contribution in [0.1, 0.15) is 29.0 Å². The van der Waals surface area contributed by atoms with E-state index in [4.69, 9.17) is 10.5 Å². The number of amides is 2. The Hall–Kier alpha value is -4.61. The topological polar surface area (TPSA) is 152 Å². The van der Waals surface area contributed by atoms with Gasteiger partial charge in [-0.3, -0.25) is 14.4 Å². The first-order chi connectivity index (χ1) is 16.9. The predicted octanol–water partition coefficient (Wildman–Crippen LogP) is 1.94. The number of hydrogen-bond acceptors (Lipinski definition) is 9. The van der Waals surface area contributed by atoms with E-state index in [1.54, 1.807) is 29.2 Å². The monoisotopic (exact) mass is 479 g/mol. The van der Waals surface area contributed by atoms with Gasteiger partial charge < -0.3 is 26.0 Å². The van der Waals surface area contributed by atoms with Gasteiger partial charge >= 0.3 is 5.97 Å². The molecule has 0 atom stereocenters. The third kappa shape index (κ3) is 6.25. The van der Waals surface area contributed by atoms with Gasteiger partial charge in [0.15, 0.2) is 12.4 Å². The van der Waals surface area contributed by atoms with E-state index in [9.17, 15) is 18.8 Å². The summed E-state index contributed by atoms with van der Waals surface area (Å²) in [5.74, 6) is -1.40. The van der Waals surface area contributed by atoms with Gasteiger partial charge in [0, 0.05) is 29.9 Å². The van der Waals surface area contributed by atoms with Gasteiger partial charge in [-0.25, -0.2) is 4.39 Å². The molecule has 35 heavy (non-hydrogen) atoms. The SMILES string of the molecule is Nc1nc(COC(=O)CNC(=O)c2ccc(N3CCCC3=O)cc2)nc(Nc2ccc(F)cc2)n1. The van der Waals surface area contributed by atoms with E-state index in [0.717, 1.165) is 12.1 Å². The normalized spacial score (nSPS) is 12.9. The second kappa shape index (κ2) is 10.5.